The number of nitrogens with one attached hydrogen (secondary N) is 2. The van der Waals surface area contributed by atoms with Crippen molar-refractivity contribution in [2.45, 2.75) is 64.7 Å². The van der Waals surface area contributed by atoms with Crippen LogP contribution in [0.2, 0.25) is 0 Å². The lowest BCUT2D eigenvalue weighted by Crippen LogP contribution is -2.28. The summed E-state index contributed by atoms with van der Waals surface area (Å²) in [6.07, 6.45) is 8.45. The molecule has 4 rings (SSSR count). The van der Waals surface area contributed by atoms with Crippen LogP contribution in [0.5, 0.6) is 0 Å². The van der Waals surface area contributed by atoms with E-state index in [1.807, 2.05) is 31.4 Å². The highest BCUT2D eigenvalue weighted by atomic mass is 32.1. The topological polar surface area (TPSA) is 102 Å². The van der Waals surface area contributed by atoms with Crippen LogP contribution >= 0.6 is 11.3 Å². The molecule has 0 unspecified atom stereocenters. The van der Waals surface area contributed by atoms with Crippen LogP contribution in [0.1, 0.15) is 61.9 Å². The predicted molar refractivity (Wildman–Crippen MR) is 134 cm³/mol. The third-order valence-electron chi connectivity index (χ3n) is 6.10. The minimum absolute atomic E-state index is 0.0611. The van der Waals surface area contributed by atoms with Crippen LogP contribution in [-0.4, -0.2) is 31.6 Å². The SMILES string of the molecule is Cn1nc(C(C)(C)C)cc1CC(=O)Nc1ncc(CCc2ccnc(NC(=O)C3CCC3)c2)s1. The van der Waals surface area contributed by atoms with Crippen molar-refractivity contribution in [3.8, 4) is 0 Å². The van der Waals surface area contributed by atoms with Crippen molar-refractivity contribution in [3.63, 3.8) is 0 Å². The first kappa shape index (κ1) is 24.1. The summed E-state index contributed by atoms with van der Waals surface area (Å²) >= 11 is 1.48. The van der Waals surface area contributed by atoms with Crippen molar-refractivity contribution in [2.75, 3.05) is 10.6 Å². The maximum atomic E-state index is 12.6. The van der Waals surface area contributed by atoms with Crippen molar-refractivity contribution >= 4 is 34.1 Å². The smallest absolute Gasteiger partial charge is 0.232 e. The van der Waals surface area contributed by atoms with E-state index >= 15 is 0 Å². The molecule has 0 spiro atoms. The number of hydrogen-bond donors (Lipinski definition) is 2. The van der Waals surface area contributed by atoms with E-state index in [4.69, 9.17) is 0 Å². The van der Waals surface area contributed by atoms with Gasteiger partial charge < -0.3 is 10.6 Å². The minimum Gasteiger partial charge on any atom is -0.310 e. The number of carbonyl (C=O) groups is 2. The maximum absolute atomic E-state index is 12.6. The van der Waals surface area contributed by atoms with Gasteiger partial charge in [-0.2, -0.15) is 5.10 Å². The van der Waals surface area contributed by atoms with Crippen molar-refractivity contribution in [1.29, 1.82) is 0 Å². The van der Waals surface area contributed by atoms with Crippen LogP contribution in [0.15, 0.2) is 30.6 Å². The normalized spacial score (nSPS) is 14.0. The Labute approximate surface area is 204 Å². The fraction of sp³-hybridized carbons (Fsp3) is 0.480. The molecular formula is C25H32N6O2S. The molecule has 0 atom stereocenters. The number of anilines is 2. The van der Waals surface area contributed by atoms with E-state index in [0.717, 1.165) is 53.9 Å². The summed E-state index contributed by atoms with van der Waals surface area (Å²) < 4.78 is 1.77. The van der Waals surface area contributed by atoms with Gasteiger partial charge in [0.25, 0.3) is 0 Å². The number of carbonyl (C=O) groups excluding carboxylic acids is 2. The Morgan fingerprint density at radius 1 is 1.15 bits per heavy atom. The Morgan fingerprint density at radius 3 is 2.62 bits per heavy atom. The van der Waals surface area contributed by atoms with Gasteiger partial charge in [0.15, 0.2) is 5.13 Å². The zero-order chi connectivity index (χ0) is 24.3. The van der Waals surface area contributed by atoms with Gasteiger partial charge in [0.1, 0.15) is 5.82 Å². The molecule has 0 aromatic carbocycles. The van der Waals surface area contributed by atoms with Crippen LogP contribution in [-0.2, 0) is 41.3 Å². The Morgan fingerprint density at radius 2 is 1.94 bits per heavy atom. The zero-order valence-electron chi connectivity index (χ0n) is 20.2. The number of amides is 2. The zero-order valence-corrected chi connectivity index (χ0v) is 21.0. The van der Waals surface area contributed by atoms with Crippen LogP contribution in [0.3, 0.4) is 0 Å². The first-order valence-corrected chi connectivity index (χ1v) is 12.5. The Hall–Kier alpha value is -3.07. The molecule has 3 heterocycles. The Kier molecular flexibility index (Phi) is 7.11. The van der Waals surface area contributed by atoms with Crippen LogP contribution in [0.25, 0.3) is 0 Å². The van der Waals surface area contributed by atoms with Crippen molar-refractivity contribution in [1.82, 2.24) is 19.7 Å². The molecule has 3 aromatic rings. The summed E-state index contributed by atoms with van der Waals surface area (Å²) in [5.74, 6) is 0.705. The second kappa shape index (κ2) is 10.0. The fourth-order valence-corrected chi connectivity index (χ4v) is 4.54. The van der Waals surface area contributed by atoms with Crippen molar-refractivity contribution in [2.24, 2.45) is 13.0 Å². The second-order valence-corrected chi connectivity index (χ2v) is 11.0. The number of hydrogen-bond acceptors (Lipinski definition) is 6. The van der Waals surface area contributed by atoms with E-state index in [1.54, 1.807) is 10.9 Å². The molecule has 0 aliphatic heterocycles. The first-order chi connectivity index (χ1) is 16.2. The molecule has 0 saturated heterocycles. The summed E-state index contributed by atoms with van der Waals surface area (Å²) in [6, 6.07) is 5.88. The number of thiazole rings is 1. The van der Waals surface area contributed by atoms with Gasteiger partial charge in [-0.3, -0.25) is 14.3 Å². The average molecular weight is 481 g/mol. The molecular weight excluding hydrogens is 448 g/mol. The lowest BCUT2D eigenvalue weighted by atomic mass is 9.85. The van der Waals surface area contributed by atoms with Gasteiger partial charge in [0.2, 0.25) is 11.8 Å². The number of nitrogens with zero attached hydrogens (tertiary/aromatic N) is 4. The number of aryl methyl sites for hydroxylation is 3. The first-order valence-electron chi connectivity index (χ1n) is 11.7. The summed E-state index contributed by atoms with van der Waals surface area (Å²) in [5.41, 5.74) is 2.88. The lowest BCUT2D eigenvalue weighted by molar-refractivity contribution is -0.122. The third-order valence-corrected chi connectivity index (χ3v) is 7.07. The third kappa shape index (κ3) is 6.08. The monoisotopic (exact) mass is 480 g/mol. The van der Waals surface area contributed by atoms with Gasteiger partial charge in [-0.1, -0.05) is 27.2 Å². The Balaban J connectivity index is 1.28. The van der Waals surface area contributed by atoms with E-state index in [-0.39, 0.29) is 29.6 Å². The fourth-order valence-electron chi connectivity index (χ4n) is 3.71. The highest BCUT2D eigenvalue weighted by Crippen LogP contribution is 2.27. The van der Waals surface area contributed by atoms with E-state index < -0.39 is 0 Å². The van der Waals surface area contributed by atoms with Gasteiger partial charge in [0, 0.05) is 41.3 Å². The van der Waals surface area contributed by atoms with E-state index in [9.17, 15) is 9.59 Å². The molecule has 34 heavy (non-hydrogen) atoms. The summed E-state index contributed by atoms with van der Waals surface area (Å²) in [4.78, 5) is 34.4. The van der Waals surface area contributed by atoms with Crippen molar-refractivity contribution in [3.05, 3.63) is 52.4 Å². The summed E-state index contributed by atoms with van der Waals surface area (Å²) in [5, 5.41) is 11.0. The van der Waals surface area contributed by atoms with Crippen LogP contribution in [0, 0.1) is 5.92 Å². The van der Waals surface area contributed by atoms with E-state index in [0.29, 0.717) is 10.9 Å². The molecule has 180 valence electrons. The standard InChI is InChI=1S/C25H32N6O2S/c1-25(2,3)20-13-18(31(4)30-20)14-22(32)29-24-27-15-19(34-24)9-8-16-10-11-26-21(12-16)28-23(33)17-6-5-7-17/h10-13,15,17H,5-9,14H2,1-4H3,(H,26,28,33)(H,27,29,32). The highest BCUT2D eigenvalue weighted by molar-refractivity contribution is 7.15. The van der Waals surface area contributed by atoms with E-state index in [2.05, 4.69) is 46.5 Å². The van der Waals surface area contributed by atoms with Gasteiger partial charge in [-0.15, -0.1) is 11.3 Å². The highest BCUT2D eigenvalue weighted by Gasteiger charge is 2.25. The number of aromatic nitrogens is 4. The molecule has 2 amide bonds. The molecule has 1 aliphatic carbocycles. The maximum Gasteiger partial charge on any atom is 0.232 e. The molecule has 0 bridgehead atoms. The lowest BCUT2D eigenvalue weighted by Gasteiger charge is -2.23. The molecule has 8 nitrogen and oxygen atoms in total. The molecule has 3 aromatic heterocycles. The average Bonchev–Trinajstić information content (AvgIpc) is 3.31. The van der Waals surface area contributed by atoms with Gasteiger partial charge in [-0.25, -0.2) is 9.97 Å². The molecule has 9 heteroatoms. The molecule has 1 fully saturated rings. The summed E-state index contributed by atoms with van der Waals surface area (Å²) in [6.45, 7) is 6.32. The molecule has 2 N–H and O–H groups in total. The van der Waals surface area contributed by atoms with Gasteiger partial charge >= 0.3 is 0 Å². The molecule has 0 radical (unpaired) electrons. The second-order valence-electron chi connectivity index (χ2n) is 9.92. The van der Waals surface area contributed by atoms with Crippen LogP contribution < -0.4 is 10.6 Å². The quantitative estimate of drug-likeness (QED) is 0.501. The van der Waals surface area contributed by atoms with Gasteiger partial charge in [-0.05, 0) is 49.4 Å². The predicted octanol–water partition coefficient (Wildman–Crippen LogP) is 4.27. The number of rotatable bonds is 8. The Bertz CT molecular complexity index is 1170. The van der Waals surface area contributed by atoms with Crippen molar-refractivity contribution < 1.29 is 9.59 Å². The molecule has 1 saturated carbocycles. The van der Waals surface area contributed by atoms with E-state index in [1.165, 1.54) is 11.3 Å². The largest absolute Gasteiger partial charge is 0.310 e. The number of pyridine rings is 1. The minimum atomic E-state index is -0.106. The van der Waals surface area contributed by atoms with Gasteiger partial charge in [0.05, 0.1) is 12.1 Å². The summed E-state index contributed by atoms with van der Waals surface area (Å²) in [7, 11) is 1.86. The van der Waals surface area contributed by atoms with Crippen LogP contribution in [0.4, 0.5) is 10.9 Å². The molecule has 1 aliphatic rings.